The molecule has 110 valence electrons. The minimum absolute atomic E-state index is 0.0171. The van der Waals surface area contributed by atoms with Gasteiger partial charge < -0.3 is 9.84 Å². The van der Waals surface area contributed by atoms with Gasteiger partial charge in [0.2, 0.25) is 0 Å². The molecule has 0 aliphatic rings. The van der Waals surface area contributed by atoms with Gasteiger partial charge in [0.1, 0.15) is 0 Å². The summed E-state index contributed by atoms with van der Waals surface area (Å²) in [4.78, 5) is 21.1. The summed E-state index contributed by atoms with van der Waals surface area (Å²) in [5.41, 5.74) is -0.222. The quantitative estimate of drug-likeness (QED) is 0.424. The molecule has 0 saturated heterocycles. The van der Waals surface area contributed by atoms with Crippen LogP contribution in [-0.4, -0.2) is 22.6 Å². The Balaban J connectivity index is 2.63. The van der Waals surface area contributed by atoms with E-state index in [0.717, 1.165) is 38.2 Å². The fourth-order valence-corrected chi connectivity index (χ4v) is 1.80. The largest absolute Gasteiger partial charge is 0.487 e. The Morgan fingerprint density at radius 2 is 2.00 bits per heavy atom. The first-order chi connectivity index (χ1) is 9.56. The number of carbonyl (C=O) groups is 1. The first kappa shape index (κ1) is 15.9. The summed E-state index contributed by atoms with van der Waals surface area (Å²) in [5.74, 6) is -1.11. The van der Waals surface area contributed by atoms with Crippen molar-refractivity contribution in [3.8, 4) is 5.75 Å². The van der Waals surface area contributed by atoms with E-state index in [-0.39, 0.29) is 17.0 Å². The third-order valence-corrected chi connectivity index (χ3v) is 2.91. The monoisotopic (exact) mass is 281 g/mol. The van der Waals surface area contributed by atoms with Gasteiger partial charge >= 0.3 is 11.7 Å². The van der Waals surface area contributed by atoms with Gasteiger partial charge in [0.05, 0.1) is 17.1 Å². The molecule has 0 fully saturated rings. The third-order valence-electron chi connectivity index (χ3n) is 2.91. The van der Waals surface area contributed by atoms with E-state index in [4.69, 9.17) is 9.84 Å². The summed E-state index contributed by atoms with van der Waals surface area (Å²) in [6.07, 6.45) is 5.22. The molecule has 1 aromatic rings. The van der Waals surface area contributed by atoms with Gasteiger partial charge in [-0.15, -0.1) is 0 Å². The van der Waals surface area contributed by atoms with Gasteiger partial charge in [-0.05, 0) is 12.5 Å². The van der Waals surface area contributed by atoms with Crippen molar-refractivity contribution in [3.63, 3.8) is 0 Å². The first-order valence-corrected chi connectivity index (χ1v) is 6.70. The summed E-state index contributed by atoms with van der Waals surface area (Å²) in [6, 6.07) is 3.57. The molecule has 0 saturated carbocycles. The molecule has 0 heterocycles. The van der Waals surface area contributed by atoms with Crippen LogP contribution in [0.4, 0.5) is 5.69 Å². The summed E-state index contributed by atoms with van der Waals surface area (Å²) in [6.45, 7) is 2.48. The van der Waals surface area contributed by atoms with Crippen molar-refractivity contribution in [3.05, 3.63) is 33.9 Å². The molecule has 0 bridgehead atoms. The van der Waals surface area contributed by atoms with Crippen LogP contribution < -0.4 is 4.74 Å². The zero-order chi connectivity index (χ0) is 15.0. The average Bonchev–Trinajstić information content (AvgIpc) is 2.42. The van der Waals surface area contributed by atoms with E-state index in [9.17, 15) is 14.9 Å². The highest BCUT2D eigenvalue weighted by molar-refractivity contribution is 5.88. The van der Waals surface area contributed by atoms with Gasteiger partial charge in [0.25, 0.3) is 0 Å². The summed E-state index contributed by atoms with van der Waals surface area (Å²) < 4.78 is 5.36. The highest BCUT2D eigenvalue weighted by Crippen LogP contribution is 2.28. The normalized spacial score (nSPS) is 10.2. The number of hydrogen-bond acceptors (Lipinski definition) is 4. The average molecular weight is 281 g/mol. The topological polar surface area (TPSA) is 89.7 Å². The second-order valence-electron chi connectivity index (χ2n) is 4.51. The van der Waals surface area contributed by atoms with E-state index >= 15 is 0 Å². The molecule has 0 aromatic heterocycles. The number of carboxylic acids is 1. The minimum atomic E-state index is -1.13. The van der Waals surface area contributed by atoms with E-state index in [1.54, 1.807) is 0 Å². The molecule has 1 N–H and O–H groups in total. The van der Waals surface area contributed by atoms with Gasteiger partial charge in [-0.3, -0.25) is 10.1 Å². The molecule has 1 rings (SSSR count). The van der Waals surface area contributed by atoms with Gasteiger partial charge in [-0.25, -0.2) is 4.79 Å². The predicted molar refractivity (Wildman–Crippen MR) is 74.3 cm³/mol. The maximum Gasteiger partial charge on any atom is 0.335 e. The lowest BCUT2D eigenvalue weighted by Crippen LogP contribution is -2.03. The smallest absolute Gasteiger partial charge is 0.335 e. The summed E-state index contributed by atoms with van der Waals surface area (Å²) in [7, 11) is 0. The maximum atomic E-state index is 10.9. The van der Waals surface area contributed by atoms with Gasteiger partial charge in [0.15, 0.2) is 5.75 Å². The second kappa shape index (κ2) is 8.14. The lowest BCUT2D eigenvalue weighted by molar-refractivity contribution is -0.385. The van der Waals surface area contributed by atoms with E-state index in [1.807, 2.05) is 0 Å². The Kier molecular flexibility index (Phi) is 6.49. The number of rotatable bonds is 9. The fraction of sp³-hybridized carbons (Fsp3) is 0.500. The lowest BCUT2D eigenvalue weighted by atomic mass is 10.1. The molecule has 0 amide bonds. The molecule has 6 nitrogen and oxygen atoms in total. The molecule has 0 aliphatic carbocycles. The molecule has 6 heteroatoms. The second-order valence-corrected chi connectivity index (χ2v) is 4.51. The molecular weight excluding hydrogens is 262 g/mol. The highest BCUT2D eigenvalue weighted by Gasteiger charge is 2.17. The molecule has 0 radical (unpaired) electrons. The number of benzene rings is 1. The maximum absolute atomic E-state index is 10.9. The van der Waals surface area contributed by atoms with E-state index in [0.29, 0.717) is 6.61 Å². The zero-order valence-corrected chi connectivity index (χ0v) is 11.5. The lowest BCUT2D eigenvalue weighted by Gasteiger charge is -2.07. The van der Waals surface area contributed by atoms with E-state index in [2.05, 4.69) is 6.92 Å². The van der Waals surface area contributed by atoms with Gasteiger partial charge in [0, 0.05) is 12.1 Å². The number of ether oxygens (including phenoxy) is 1. The highest BCUT2D eigenvalue weighted by atomic mass is 16.6. The number of aromatic carboxylic acids is 1. The van der Waals surface area contributed by atoms with Gasteiger partial charge in [-0.1, -0.05) is 32.6 Å². The molecule has 0 atom stereocenters. The SMILES string of the molecule is CCCCCCCOc1cc(C(=O)O)ccc1[N+](=O)[O-]. The van der Waals surface area contributed by atoms with Crippen LogP contribution in [-0.2, 0) is 0 Å². The van der Waals surface area contributed by atoms with Crippen LogP contribution in [0.2, 0.25) is 0 Å². The van der Waals surface area contributed by atoms with Crippen molar-refractivity contribution < 1.29 is 19.6 Å². The van der Waals surface area contributed by atoms with Crippen LogP contribution >= 0.6 is 0 Å². The summed E-state index contributed by atoms with van der Waals surface area (Å²) in [5, 5.41) is 19.7. The number of nitrogens with zero attached hydrogens (tertiary/aromatic N) is 1. The molecular formula is C14H19NO5. The Morgan fingerprint density at radius 3 is 2.60 bits per heavy atom. The van der Waals surface area contributed by atoms with Crippen molar-refractivity contribution in [2.75, 3.05) is 6.61 Å². The van der Waals surface area contributed by atoms with Crippen LogP contribution in [0.3, 0.4) is 0 Å². The van der Waals surface area contributed by atoms with Crippen molar-refractivity contribution in [1.82, 2.24) is 0 Å². The summed E-state index contributed by atoms with van der Waals surface area (Å²) >= 11 is 0. The molecule has 0 unspecified atom stereocenters. The molecule has 0 aliphatic heterocycles. The van der Waals surface area contributed by atoms with Crippen molar-refractivity contribution in [1.29, 1.82) is 0 Å². The van der Waals surface area contributed by atoms with Gasteiger partial charge in [-0.2, -0.15) is 0 Å². The number of nitro benzene ring substituents is 1. The minimum Gasteiger partial charge on any atom is -0.487 e. The Hall–Kier alpha value is -2.11. The third kappa shape index (κ3) is 4.87. The van der Waals surface area contributed by atoms with Crippen molar-refractivity contribution in [2.45, 2.75) is 39.0 Å². The zero-order valence-electron chi connectivity index (χ0n) is 11.5. The fourth-order valence-electron chi connectivity index (χ4n) is 1.80. The molecule has 20 heavy (non-hydrogen) atoms. The van der Waals surface area contributed by atoms with E-state index in [1.165, 1.54) is 12.1 Å². The van der Waals surface area contributed by atoms with Crippen LogP contribution in [0.1, 0.15) is 49.4 Å². The number of nitro groups is 1. The van der Waals surface area contributed by atoms with E-state index < -0.39 is 10.9 Å². The standard InChI is InChI=1S/C14H19NO5/c1-2-3-4-5-6-9-20-13-10-11(14(16)17)7-8-12(13)15(18)19/h7-8,10H,2-6,9H2,1H3,(H,16,17). The van der Waals surface area contributed by atoms with Crippen LogP contribution in [0.5, 0.6) is 5.75 Å². The Morgan fingerprint density at radius 1 is 1.30 bits per heavy atom. The first-order valence-electron chi connectivity index (χ1n) is 6.70. The van der Waals surface area contributed by atoms with Crippen LogP contribution in [0.15, 0.2) is 18.2 Å². The number of carboxylic acid groups (broad SMARTS) is 1. The number of hydrogen-bond donors (Lipinski definition) is 1. The van der Waals surface area contributed by atoms with Crippen LogP contribution in [0, 0.1) is 10.1 Å². The Labute approximate surface area is 117 Å². The Bertz CT molecular complexity index is 473. The van der Waals surface area contributed by atoms with Crippen molar-refractivity contribution in [2.24, 2.45) is 0 Å². The molecule has 1 aromatic carbocycles. The van der Waals surface area contributed by atoms with Crippen LogP contribution in [0.25, 0.3) is 0 Å². The predicted octanol–water partition coefficient (Wildman–Crippen LogP) is 3.64. The number of unbranched alkanes of at least 4 members (excludes halogenated alkanes) is 4. The van der Waals surface area contributed by atoms with Crippen molar-refractivity contribution >= 4 is 11.7 Å². The molecule has 0 spiro atoms.